The number of hydrogen-bond acceptors (Lipinski definition) is 3. The van der Waals surface area contributed by atoms with Crippen LogP contribution in [0.15, 0.2) is 18.5 Å². The molecule has 2 aromatic heterocycles. The van der Waals surface area contributed by atoms with Crippen LogP contribution in [0.5, 0.6) is 5.75 Å². The number of hydrogen-bond donors (Lipinski definition) is 0. The van der Waals surface area contributed by atoms with Gasteiger partial charge >= 0.3 is 0 Å². The fraction of sp³-hybridized carbons (Fsp3) is 0.385. The smallest absolute Gasteiger partial charge is 0.147 e. The van der Waals surface area contributed by atoms with Crippen LogP contribution in [0.2, 0.25) is 5.15 Å². The second-order valence-electron chi connectivity index (χ2n) is 3.90. The van der Waals surface area contributed by atoms with Gasteiger partial charge in [-0.05, 0) is 6.42 Å². The number of halogens is 1. The van der Waals surface area contributed by atoms with E-state index in [0.29, 0.717) is 10.9 Å². The summed E-state index contributed by atoms with van der Waals surface area (Å²) in [7, 11) is 1.62. The standard InChI is InChI=1S/C13H16ClN3O/c1-4-9-8-17(13(5-2)16-9)10-7-15-12(14)6-11(10)18-3/h6-8H,4-5H2,1-3H3. The molecule has 2 heterocycles. The first-order valence-corrected chi connectivity index (χ1v) is 6.34. The normalized spacial score (nSPS) is 10.7. The lowest BCUT2D eigenvalue weighted by molar-refractivity contribution is 0.412. The molecule has 96 valence electrons. The summed E-state index contributed by atoms with van der Waals surface area (Å²) < 4.78 is 7.36. The number of aryl methyl sites for hydroxylation is 2. The van der Waals surface area contributed by atoms with Gasteiger partial charge in [0.2, 0.25) is 0 Å². The molecule has 2 rings (SSSR count). The van der Waals surface area contributed by atoms with Crippen molar-refractivity contribution in [1.29, 1.82) is 0 Å². The lowest BCUT2D eigenvalue weighted by Gasteiger charge is -2.11. The van der Waals surface area contributed by atoms with Crippen LogP contribution < -0.4 is 4.74 Å². The lowest BCUT2D eigenvalue weighted by Crippen LogP contribution is -2.02. The third-order valence-corrected chi connectivity index (χ3v) is 3.01. The van der Waals surface area contributed by atoms with Crippen molar-refractivity contribution in [3.8, 4) is 11.4 Å². The van der Waals surface area contributed by atoms with Gasteiger partial charge in [-0.25, -0.2) is 9.97 Å². The molecule has 0 saturated carbocycles. The largest absolute Gasteiger partial charge is 0.494 e. The Morgan fingerprint density at radius 1 is 1.33 bits per heavy atom. The minimum absolute atomic E-state index is 0.421. The van der Waals surface area contributed by atoms with Crippen molar-refractivity contribution >= 4 is 11.6 Å². The maximum atomic E-state index is 5.87. The molecule has 0 atom stereocenters. The Morgan fingerprint density at radius 3 is 2.72 bits per heavy atom. The number of ether oxygens (including phenoxy) is 1. The Bertz CT molecular complexity index is 551. The molecule has 0 N–H and O–H groups in total. The number of aromatic nitrogens is 3. The molecule has 0 spiro atoms. The number of nitrogens with zero attached hydrogens (tertiary/aromatic N) is 3. The van der Waals surface area contributed by atoms with Crippen LogP contribution in [0, 0.1) is 0 Å². The molecule has 0 unspecified atom stereocenters. The van der Waals surface area contributed by atoms with Crippen LogP contribution in [0.4, 0.5) is 0 Å². The number of methoxy groups -OCH3 is 1. The first kappa shape index (κ1) is 12.9. The summed E-state index contributed by atoms with van der Waals surface area (Å²) in [5.74, 6) is 1.69. The number of rotatable bonds is 4. The molecule has 5 heteroatoms. The third-order valence-electron chi connectivity index (χ3n) is 2.80. The molecule has 0 saturated heterocycles. The van der Waals surface area contributed by atoms with Crippen molar-refractivity contribution in [2.75, 3.05) is 7.11 Å². The molecule has 0 aliphatic carbocycles. The van der Waals surface area contributed by atoms with E-state index >= 15 is 0 Å². The maximum Gasteiger partial charge on any atom is 0.147 e. The van der Waals surface area contributed by atoms with Crippen LogP contribution in [0.3, 0.4) is 0 Å². The molecule has 0 aliphatic heterocycles. The van der Waals surface area contributed by atoms with Gasteiger partial charge in [0.15, 0.2) is 0 Å². The molecule has 0 amide bonds. The van der Waals surface area contributed by atoms with Gasteiger partial charge in [-0.1, -0.05) is 25.4 Å². The molecular formula is C13H16ClN3O. The Hall–Kier alpha value is -1.55. The van der Waals surface area contributed by atoms with Gasteiger partial charge in [0.05, 0.1) is 19.0 Å². The second kappa shape index (κ2) is 5.40. The maximum absolute atomic E-state index is 5.87. The zero-order valence-corrected chi connectivity index (χ0v) is 11.5. The first-order chi connectivity index (χ1) is 8.69. The quantitative estimate of drug-likeness (QED) is 0.798. The molecule has 0 aliphatic rings. The van der Waals surface area contributed by atoms with Crippen LogP contribution >= 0.6 is 11.6 Å². The minimum atomic E-state index is 0.421. The summed E-state index contributed by atoms with van der Waals surface area (Å²) in [6.07, 6.45) is 5.49. The fourth-order valence-electron chi connectivity index (χ4n) is 1.85. The van der Waals surface area contributed by atoms with E-state index in [0.717, 1.165) is 30.0 Å². The molecule has 0 aromatic carbocycles. The monoisotopic (exact) mass is 265 g/mol. The van der Waals surface area contributed by atoms with Crippen molar-refractivity contribution in [2.45, 2.75) is 26.7 Å². The van der Waals surface area contributed by atoms with Gasteiger partial charge in [-0.2, -0.15) is 0 Å². The van der Waals surface area contributed by atoms with E-state index in [1.807, 2.05) is 10.8 Å². The van der Waals surface area contributed by atoms with E-state index in [1.165, 1.54) is 0 Å². The SMILES string of the molecule is CCc1cn(-c2cnc(Cl)cc2OC)c(CC)n1. The van der Waals surface area contributed by atoms with E-state index in [9.17, 15) is 0 Å². The average molecular weight is 266 g/mol. The summed E-state index contributed by atoms with van der Waals surface area (Å²) in [4.78, 5) is 8.68. The van der Waals surface area contributed by atoms with Crippen LogP contribution in [-0.2, 0) is 12.8 Å². The number of pyridine rings is 1. The molecular weight excluding hydrogens is 250 g/mol. The van der Waals surface area contributed by atoms with Crippen molar-refractivity contribution in [1.82, 2.24) is 14.5 Å². The van der Waals surface area contributed by atoms with E-state index in [2.05, 4.69) is 23.8 Å². The molecule has 0 radical (unpaired) electrons. The summed E-state index contributed by atoms with van der Waals surface area (Å²) >= 11 is 5.87. The predicted octanol–water partition coefficient (Wildman–Crippen LogP) is 3.05. The number of imidazole rings is 1. The Balaban J connectivity index is 2.56. The van der Waals surface area contributed by atoms with Gasteiger partial charge < -0.3 is 4.74 Å². The Kier molecular flexibility index (Phi) is 3.87. The molecule has 2 aromatic rings. The third kappa shape index (κ3) is 2.34. The highest BCUT2D eigenvalue weighted by Crippen LogP contribution is 2.26. The Morgan fingerprint density at radius 2 is 2.11 bits per heavy atom. The molecule has 18 heavy (non-hydrogen) atoms. The first-order valence-electron chi connectivity index (χ1n) is 5.96. The zero-order chi connectivity index (χ0) is 13.1. The van der Waals surface area contributed by atoms with Crippen LogP contribution in [0.25, 0.3) is 5.69 Å². The highest BCUT2D eigenvalue weighted by Gasteiger charge is 2.12. The van der Waals surface area contributed by atoms with E-state index in [4.69, 9.17) is 16.3 Å². The predicted molar refractivity (Wildman–Crippen MR) is 71.7 cm³/mol. The van der Waals surface area contributed by atoms with Crippen molar-refractivity contribution in [2.24, 2.45) is 0 Å². The fourth-order valence-corrected chi connectivity index (χ4v) is 2.00. The van der Waals surface area contributed by atoms with Gasteiger partial charge in [0.25, 0.3) is 0 Å². The van der Waals surface area contributed by atoms with Gasteiger partial charge in [-0.3, -0.25) is 4.57 Å². The van der Waals surface area contributed by atoms with Crippen molar-refractivity contribution < 1.29 is 4.74 Å². The molecule has 0 bridgehead atoms. The topological polar surface area (TPSA) is 39.9 Å². The summed E-state index contributed by atoms with van der Waals surface area (Å²) in [6, 6.07) is 1.71. The minimum Gasteiger partial charge on any atom is -0.494 e. The molecule has 0 fully saturated rings. The van der Waals surface area contributed by atoms with E-state index in [-0.39, 0.29) is 0 Å². The summed E-state index contributed by atoms with van der Waals surface area (Å²) in [5, 5.41) is 0.421. The zero-order valence-electron chi connectivity index (χ0n) is 10.8. The average Bonchev–Trinajstić information content (AvgIpc) is 2.81. The van der Waals surface area contributed by atoms with E-state index < -0.39 is 0 Å². The van der Waals surface area contributed by atoms with E-state index in [1.54, 1.807) is 19.4 Å². The van der Waals surface area contributed by atoms with Crippen molar-refractivity contribution in [3.63, 3.8) is 0 Å². The summed E-state index contributed by atoms with van der Waals surface area (Å²) in [5.41, 5.74) is 1.93. The lowest BCUT2D eigenvalue weighted by atomic mass is 10.3. The Labute approximate surface area is 112 Å². The highest BCUT2D eigenvalue weighted by molar-refractivity contribution is 6.29. The van der Waals surface area contributed by atoms with Gasteiger partial charge in [0.1, 0.15) is 22.4 Å². The second-order valence-corrected chi connectivity index (χ2v) is 4.29. The van der Waals surface area contributed by atoms with Crippen LogP contribution in [-0.4, -0.2) is 21.6 Å². The van der Waals surface area contributed by atoms with Crippen LogP contribution in [0.1, 0.15) is 25.4 Å². The van der Waals surface area contributed by atoms with Crippen molar-refractivity contribution in [3.05, 3.63) is 35.1 Å². The molecule has 4 nitrogen and oxygen atoms in total. The highest BCUT2D eigenvalue weighted by atomic mass is 35.5. The summed E-state index contributed by atoms with van der Waals surface area (Å²) in [6.45, 7) is 4.16. The van der Waals surface area contributed by atoms with Gasteiger partial charge in [0, 0.05) is 18.7 Å². The van der Waals surface area contributed by atoms with Gasteiger partial charge in [-0.15, -0.1) is 0 Å².